The highest BCUT2D eigenvalue weighted by molar-refractivity contribution is 9.10. The van der Waals surface area contributed by atoms with Gasteiger partial charge in [-0.2, -0.15) is 0 Å². The van der Waals surface area contributed by atoms with E-state index in [1.807, 2.05) is 0 Å². The van der Waals surface area contributed by atoms with Gasteiger partial charge in [0.2, 0.25) is 10.0 Å². The number of sulfonamides is 1. The van der Waals surface area contributed by atoms with E-state index in [1.54, 1.807) is 36.8 Å². The molecule has 0 aliphatic heterocycles. The van der Waals surface area contributed by atoms with Crippen molar-refractivity contribution in [3.05, 3.63) is 53.0 Å². The number of pyridine rings is 2. The summed E-state index contributed by atoms with van der Waals surface area (Å²) in [6.45, 7) is 0. The highest BCUT2D eigenvalue weighted by Gasteiger charge is 2.11. The van der Waals surface area contributed by atoms with Crippen molar-refractivity contribution in [3.63, 3.8) is 0 Å². The van der Waals surface area contributed by atoms with E-state index in [9.17, 15) is 8.42 Å². The predicted molar refractivity (Wildman–Crippen MR) is 77.3 cm³/mol. The van der Waals surface area contributed by atoms with E-state index in [1.165, 1.54) is 6.20 Å². The Labute approximate surface area is 120 Å². The normalized spacial score (nSPS) is 11.2. The van der Waals surface area contributed by atoms with Gasteiger partial charge in [0.15, 0.2) is 0 Å². The first-order valence-corrected chi connectivity index (χ1v) is 8.00. The highest BCUT2D eigenvalue weighted by atomic mass is 79.9. The molecule has 0 aromatic carbocycles. The average molecular weight is 342 g/mol. The maximum atomic E-state index is 11.9. The van der Waals surface area contributed by atoms with E-state index in [-0.39, 0.29) is 5.75 Å². The van der Waals surface area contributed by atoms with Crippen LogP contribution in [0.5, 0.6) is 0 Å². The van der Waals surface area contributed by atoms with Gasteiger partial charge in [-0.3, -0.25) is 14.7 Å². The molecule has 0 aliphatic carbocycles. The summed E-state index contributed by atoms with van der Waals surface area (Å²) < 4.78 is 27.0. The van der Waals surface area contributed by atoms with Gasteiger partial charge in [-0.25, -0.2) is 8.42 Å². The van der Waals surface area contributed by atoms with Crippen molar-refractivity contribution in [2.75, 3.05) is 10.5 Å². The topological polar surface area (TPSA) is 72.0 Å². The number of hydrogen-bond donors (Lipinski definition) is 1. The Morgan fingerprint density at radius 2 is 1.89 bits per heavy atom. The molecule has 0 saturated carbocycles. The summed E-state index contributed by atoms with van der Waals surface area (Å²) in [7, 11) is -3.38. The highest BCUT2D eigenvalue weighted by Crippen LogP contribution is 2.15. The average Bonchev–Trinajstić information content (AvgIpc) is 2.37. The molecule has 0 aliphatic rings. The molecule has 0 atom stereocenters. The molecule has 0 bridgehead atoms. The third-order valence-corrected chi connectivity index (χ3v) is 4.11. The third-order valence-electron chi connectivity index (χ3n) is 2.39. The lowest BCUT2D eigenvalue weighted by molar-refractivity contribution is 0.600. The number of anilines is 1. The zero-order valence-electron chi connectivity index (χ0n) is 9.95. The maximum absolute atomic E-state index is 11.9. The van der Waals surface area contributed by atoms with Crippen LogP contribution in [0, 0.1) is 0 Å². The van der Waals surface area contributed by atoms with Crippen LogP contribution in [0.25, 0.3) is 0 Å². The molecule has 0 spiro atoms. The van der Waals surface area contributed by atoms with Crippen LogP contribution in [0.2, 0.25) is 0 Å². The van der Waals surface area contributed by atoms with E-state index >= 15 is 0 Å². The lowest BCUT2D eigenvalue weighted by Crippen LogP contribution is -2.18. The van der Waals surface area contributed by atoms with Crippen molar-refractivity contribution in [2.45, 2.75) is 6.42 Å². The number of nitrogens with zero attached hydrogens (tertiary/aromatic N) is 2. The Kier molecular flexibility index (Phi) is 4.49. The zero-order valence-corrected chi connectivity index (χ0v) is 12.4. The van der Waals surface area contributed by atoms with Crippen LogP contribution in [0.4, 0.5) is 5.69 Å². The van der Waals surface area contributed by atoms with Crippen molar-refractivity contribution < 1.29 is 8.42 Å². The number of halogens is 1. The summed E-state index contributed by atoms with van der Waals surface area (Å²) in [6.07, 6.45) is 6.80. The van der Waals surface area contributed by atoms with Crippen molar-refractivity contribution >= 4 is 31.6 Å². The molecule has 2 heterocycles. The summed E-state index contributed by atoms with van der Waals surface area (Å²) in [6, 6.07) is 5.27. The van der Waals surface area contributed by atoms with Crippen LogP contribution in [0.1, 0.15) is 5.56 Å². The fourth-order valence-corrected chi connectivity index (χ4v) is 2.94. The molecule has 0 fully saturated rings. The molecule has 0 radical (unpaired) electrons. The second-order valence-corrected chi connectivity index (χ2v) is 6.68. The van der Waals surface area contributed by atoms with E-state index in [0.717, 1.165) is 10.0 Å². The van der Waals surface area contributed by atoms with Crippen LogP contribution >= 0.6 is 15.9 Å². The maximum Gasteiger partial charge on any atom is 0.233 e. The lowest BCUT2D eigenvalue weighted by Gasteiger charge is -2.07. The largest absolute Gasteiger partial charge is 0.282 e. The van der Waals surface area contributed by atoms with Crippen molar-refractivity contribution in [1.29, 1.82) is 0 Å². The number of hydrogen-bond acceptors (Lipinski definition) is 4. The second kappa shape index (κ2) is 6.12. The molecule has 5 nitrogen and oxygen atoms in total. The Morgan fingerprint density at radius 1 is 1.16 bits per heavy atom. The van der Waals surface area contributed by atoms with E-state index in [4.69, 9.17) is 0 Å². The monoisotopic (exact) mass is 341 g/mol. The molecule has 0 saturated heterocycles. The first-order valence-electron chi connectivity index (χ1n) is 5.55. The van der Waals surface area contributed by atoms with Crippen molar-refractivity contribution in [1.82, 2.24) is 9.97 Å². The molecule has 100 valence electrons. The van der Waals surface area contributed by atoms with Gasteiger partial charge in [-0.05, 0) is 46.1 Å². The summed E-state index contributed by atoms with van der Waals surface area (Å²) in [5, 5.41) is 0. The third kappa shape index (κ3) is 4.60. The number of aryl methyl sites for hydroxylation is 1. The zero-order chi connectivity index (χ0) is 13.7. The summed E-state index contributed by atoms with van der Waals surface area (Å²) >= 11 is 3.24. The van der Waals surface area contributed by atoms with Gasteiger partial charge in [0, 0.05) is 23.1 Å². The molecule has 1 N–H and O–H groups in total. The minimum atomic E-state index is -3.38. The van der Waals surface area contributed by atoms with Gasteiger partial charge in [0.05, 0.1) is 17.6 Å². The summed E-state index contributed by atoms with van der Waals surface area (Å²) in [4.78, 5) is 7.79. The van der Waals surface area contributed by atoms with Crippen LogP contribution in [-0.2, 0) is 16.4 Å². The van der Waals surface area contributed by atoms with Gasteiger partial charge < -0.3 is 0 Å². The summed E-state index contributed by atoms with van der Waals surface area (Å²) in [5.41, 5.74) is 1.39. The van der Waals surface area contributed by atoms with Gasteiger partial charge in [-0.1, -0.05) is 0 Å². The van der Waals surface area contributed by atoms with E-state index < -0.39 is 10.0 Å². The number of rotatable bonds is 5. The standard InChI is InChI=1S/C12H12BrN3O2S/c13-11-7-12(9-15-8-11)16-19(17,18)6-3-10-1-4-14-5-2-10/h1-2,4-5,7-9,16H,3,6H2. The fourth-order valence-electron chi connectivity index (χ4n) is 1.50. The van der Waals surface area contributed by atoms with Crippen LogP contribution in [-0.4, -0.2) is 24.1 Å². The Hall–Kier alpha value is -1.47. The molecule has 0 amide bonds. The van der Waals surface area contributed by atoms with E-state index in [2.05, 4.69) is 30.6 Å². The second-order valence-electron chi connectivity index (χ2n) is 3.92. The Balaban J connectivity index is 1.99. The first kappa shape index (κ1) is 14.0. The van der Waals surface area contributed by atoms with Crippen LogP contribution < -0.4 is 4.72 Å². The van der Waals surface area contributed by atoms with Crippen LogP contribution in [0.3, 0.4) is 0 Å². The SMILES string of the molecule is O=S(=O)(CCc1ccncc1)Nc1cncc(Br)c1. The predicted octanol–water partition coefficient (Wildman–Crippen LogP) is 2.22. The first-order chi connectivity index (χ1) is 9.05. The van der Waals surface area contributed by atoms with Gasteiger partial charge in [-0.15, -0.1) is 0 Å². The summed E-state index contributed by atoms with van der Waals surface area (Å²) in [5.74, 6) is 0.0174. The molecular weight excluding hydrogens is 330 g/mol. The Bertz CT molecular complexity index is 647. The smallest absolute Gasteiger partial charge is 0.233 e. The minimum absolute atomic E-state index is 0.0174. The van der Waals surface area contributed by atoms with Gasteiger partial charge in [0.1, 0.15) is 0 Å². The van der Waals surface area contributed by atoms with Crippen molar-refractivity contribution in [3.8, 4) is 0 Å². The number of aromatic nitrogens is 2. The molecule has 19 heavy (non-hydrogen) atoms. The quantitative estimate of drug-likeness (QED) is 0.904. The number of nitrogens with one attached hydrogen (secondary N) is 1. The molecule has 2 rings (SSSR count). The van der Waals surface area contributed by atoms with Gasteiger partial charge >= 0.3 is 0 Å². The van der Waals surface area contributed by atoms with Crippen molar-refractivity contribution in [2.24, 2.45) is 0 Å². The van der Waals surface area contributed by atoms with Gasteiger partial charge in [0.25, 0.3) is 0 Å². The molecule has 0 unspecified atom stereocenters. The Morgan fingerprint density at radius 3 is 2.58 bits per heavy atom. The molecule has 7 heteroatoms. The molecule has 2 aromatic heterocycles. The van der Waals surface area contributed by atoms with E-state index in [0.29, 0.717) is 12.1 Å². The lowest BCUT2D eigenvalue weighted by atomic mass is 10.2. The molecular formula is C12H12BrN3O2S. The fraction of sp³-hybridized carbons (Fsp3) is 0.167. The molecule has 2 aromatic rings. The minimum Gasteiger partial charge on any atom is -0.282 e. The van der Waals surface area contributed by atoms with Crippen LogP contribution in [0.15, 0.2) is 47.5 Å².